The van der Waals surface area contributed by atoms with Crippen molar-refractivity contribution in [2.45, 2.75) is 44.6 Å². The quantitative estimate of drug-likeness (QED) is 0.536. The van der Waals surface area contributed by atoms with Gasteiger partial charge in [0.25, 0.3) is 0 Å². The molecule has 0 saturated heterocycles. The molecule has 0 unspecified atom stereocenters. The summed E-state index contributed by atoms with van der Waals surface area (Å²) in [4.78, 5) is 24.1. The number of carboxylic acid groups (broad SMARTS) is 1. The molecule has 2 N–H and O–H groups in total. The number of carbonyl (C=O) groups excluding carboxylic acids is 1. The Hall–Kier alpha value is -3.26. The number of rotatable bonds is 7. The lowest BCUT2D eigenvalue weighted by atomic mass is 9.95. The van der Waals surface area contributed by atoms with Gasteiger partial charge in [-0.1, -0.05) is 48.5 Å². The van der Waals surface area contributed by atoms with Gasteiger partial charge in [0.2, 0.25) is 0 Å². The van der Waals surface area contributed by atoms with E-state index >= 15 is 0 Å². The first-order chi connectivity index (χ1) is 14.0. The number of hydrogen-bond donors (Lipinski definition) is 2. The average Bonchev–Trinajstić information content (AvgIpc) is 3.03. The van der Waals surface area contributed by atoms with Gasteiger partial charge in [0.05, 0.1) is 0 Å². The van der Waals surface area contributed by atoms with Crippen LogP contribution in [0.1, 0.15) is 50.2 Å². The molecule has 0 aromatic heterocycles. The number of carboxylic acids is 1. The predicted octanol–water partition coefficient (Wildman–Crippen LogP) is 4.56. The number of unbranched alkanes of at least 4 members (excludes halogenated alkanes) is 1. The molecule has 1 amide bonds. The second kappa shape index (κ2) is 8.83. The molecule has 150 valence electrons. The van der Waals surface area contributed by atoms with Crippen LogP contribution in [0.15, 0.2) is 48.5 Å². The maximum atomic E-state index is 12.4. The van der Waals surface area contributed by atoms with Crippen LogP contribution in [0.5, 0.6) is 0 Å². The Morgan fingerprint density at radius 3 is 2.24 bits per heavy atom. The van der Waals surface area contributed by atoms with E-state index in [1.54, 1.807) is 6.92 Å². The highest BCUT2D eigenvalue weighted by Crippen LogP contribution is 2.44. The molecule has 1 aliphatic carbocycles. The van der Waals surface area contributed by atoms with Gasteiger partial charge in [-0.2, -0.15) is 0 Å². The van der Waals surface area contributed by atoms with E-state index in [1.165, 1.54) is 6.92 Å². The summed E-state index contributed by atoms with van der Waals surface area (Å²) in [6.45, 7) is 3.39. The average molecular weight is 391 g/mol. The second-order valence-electron chi connectivity index (χ2n) is 7.37. The molecule has 1 atom stereocenters. The SMILES string of the molecule is CC#CCCC[C@](C)(NC(=O)OCC1c2ccccc2-c2ccccc21)C(=O)O. The zero-order chi connectivity index (χ0) is 20.9. The van der Waals surface area contributed by atoms with Crippen molar-refractivity contribution in [3.05, 3.63) is 59.7 Å². The number of benzene rings is 2. The third-order valence-corrected chi connectivity index (χ3v) is 5.35. The summed E-state index contributed by atoms with van der Waals surface area (Å²) in [6, 6.07) is 16.1. The van der Waals surface area contributed by atoms with Crippen molar-refractivity contribution in [1.82, 2.24) is 5.32 Å². The van der Waals surface area contributed by atoms with E-state index in [1.807, 2.05) is 36.4 Å². The van der Waals surface area contributed by atoms with Crippen LogP contribution in [-0.4, -0.2) is 29.3 Å². The summed E-state index contributed by atoms with van der Waals surface area (Å²) >= 11 is 0. The molecule has 0 spiro atoms. The van der Waals surface area contributed by atoms with Crippen molar-refractivity contribution in [2.75, 3.05) is 6.61 Å². The van der Waals surface area contributed by atoms with Gasteiger partial charge in [-0.25, -0.2) is 9.59 Å². The van der Waals surface area contributed by atoms with Crippen LogP contribution < -0.4 is 5.32 Å². The molecule has 29 heavy (non-hydrogen) atoms. The molecule has 3 rings (SSSR count). The molecule has 2 aromatic carbocycles. The van der Waals surface area contributed by atoms with Crippen molar-refractivity contribution < 1.29 is 19.4 Å². The Labute approximate surface area is 171 Å². The van der Waals surface area contributed by atoms with Gasteiger partial charge >= 0.3 is 12.1 Å². The summed E-state index contributed by atoms with van der Waals surface area (Å²) in [5.74, 6) is 4.54. The zero-order valence-electron chi connectivity index (χ0n) is 16.7. The predicted molar refractivity (Wildman–Crippen MR) is 112 cm³/mol. The summed E-state index contributed by atoms with van der Waals surface area (Å²) in [6.07, 6.45) is 0.721. The van der Waals surface area contributed by atoms with E-state index in [0.29, 0.717) is 12.8 Å². The van der Waals surface area contributed by atoms with Crippen molar-refractivity contribution in [2.24, 2.45) is 0 Å². The van der Waals surface area contributed by atoms with Crippen LogP contribution in [0.25, 0.3) is 11.1 Å². The molecule has 0 aliphatic heterocycles. The monoisotopic (exact) mass is 391 g/mol. The molecule has 1 aliphatic rings. The van der Waals surface area contributed by atoms with Gasteiger partial charge in [0, 0.05) is 12.3 Å². The normalized spacial score (nSPS) is 14.0. The third kappa shape index (κ3) is 4.43. The van der Waals surface area contributed by atoms with Crippen LogP contribution in [-0.2, 0) is 9.53 Å². The molecule has 0 heterocycles. The minimum absolute atomic E-state index is 0.0657. The summed E-state index contributed by atoms with van der Waals surface area (Å²) in [5.41, 5.74) is 3.12. The van der Waals surface area contributed by atoms with Gasteiger partial charge in [0.15, 0.2) is 0 Å². The Kier molecular flexibility index (Phi) is 6.23. The molecule has 0 bridgehead atoms. The second-order valence-corrected chi connectivity index (χ2v) is 7.37. The molecule has 0 saturated carbocycles. The fourth-order valence-corrected chi connectivity index (χ4v) is 3.74. The highest BCUT2D eigenvalue weighted by Gasteiger charge is 2.35. The van der Waals surface area contributed by atoms with E-state index in [2.05, 4.69) is 29.3 Å². The summed E-state index contributed by atoms with van der Waals surface area (Å²) in [5, 5.41) is 12.1. The Morgan fingerprint density at radius 2 is 1.69 bits per heavy atom. The van der Waals surface area contributed by atoms with Crippen LogP contribution in [0.4, 0.5) is 4.79 Å². The van der Waals surface area contributed by atoms with Gasteiger partial charge in [-0.05, 0) is 48.9 Å². The lowest BCUT2D eigenvalue weighted by Crippen LogP contribution is -2.52. The third-order valence-electron chi connectivity index (χ3n) is 5.35. The molecular weight excluding hydrogens is 366 g/mol. The van der Waals surface area contributed by atoms with Gasteiger partial charge in [-0.15, -0.1) is 11.8 Å². The number of hydrogen-bond acceptors (Lipinski definition) is 3. The highest BCUT2D eigenvalue weighted by atomic mass is 16.5. The Balaban J connectivity index is 1.67. The lowest BCUT2D eigenvalue weighted by molar-refractivity contribution is -0.144. The maximum Gasteiger partial charge on any atom is 0.408 e. The molecular formula is C24H25NO4. The first-order valence-corrected chi connectivity index (χ1v) is 9.72. The summed E-state index contributed by atoms with van der Waals surface area (Å²) in [7, 11) is 0. The summed E-state index contributed by atoms with van der Waals surface area (Å²) < 4.78 is 5.47. The maximum absolute atomic E-state index is 12.4. The van der Waals surface area contributed by atoms with Crippen LogP contribution in [0, 0.1) is 11.8 Å². The Morgan fingerprint density at radius 1 is 1.10 bits per heavy atom. The fraction of sp³-hybridized carbons (Fsp3) is 0.333. The number of ether oxygens (including phenoxy) is 1. The number of fused-ring (bicyclic) bond motifs is 3. The smallest absolute Gasteiger partial charge is 0.408 e. The van der Waals surface area contributed by atoms with Crippen molar-refractivity contribution in [3.8, 4) is 23.0 Å². The van der Waals surface area contributed by atoms with E-state index in [-0.39, 0.29) is 18.9 Å². The zero-order valence-corrected chi connectivity index (χ0v) is 16.7. The van der Waals surface area contributed by atoms with E-state index in [9.17, 15) is 14.7 Å². The molecule has 5 heteroatoms. The standard InChI is InChI=1S/C24H25NO4/c1-3-4-5-10-15-24(2,22(26)27)25-23(28)29-16-21-19-13-8-6-11-17(19)18-12-7-9-14-20(18)21/h6-9,11-14,21H,5,10,15-16H2,1-2H3,(H,25,28)(H,26,27)/t24-/m0/s1. The first-order valence-electron chi connectivity index (χ1n) is 9.72. The van der Waals surface area contributed by atoms with Gasteiger partial charge in [0.1, 0.15) is 12.1 Å². The van der Waals surface area contributed by atoms with E-state index < -0.39 is 17.6 Å². The van der Waals surface area contributed by atoms with Crippen LogP contribution >= 0.6 is 0 Å². The number of alkyl carbamates (subject to hydrolysis) is 1. The Bertz CT molecular complexity index is 927. The van der Waals surface area contributed by atoms with Gasteiger partial charge in [-0.3, -0.25) is 0 Å². The molecule has 2 aromatic rings. The van der Waals surface area contributed by atoms with Crippen molar-refractivity contribution >= 4 is 12.1 Å². The number of nitrogens with one attached hydrogen (secondary N) is 1. The molecule has 0 radical (unpaired) electrons. The first kappa shape index (κ1) is 20.5. The van der Waals surface area contributed by atoms with Crippen LogP contribution in [0.3, 0.4) is 0 Å². The topological polar surface area (TPSA) is 75.6 Å². The number of aliphatic carboxylic acids is 1. The largest absolute Gasteiger partial charge is 0.480 e. The van der Waals surface area contributed by atoms with E-state index in [0.717, 1.165) is 22.3 Å². The van der Waals surface area contributed by atoms with E-state index in [4.69, 9.17) is 4.74 Å². The van der Waals surface area contributed by atoms with Crippen molar-refractivity contribution in [1.29, 1.82) is 0 Å². The minimum Gasteiger partial charge on any atom is -0.480 e. The van der Waals surface area contributed by atoms with Crippen molar-refractivity contribution in [3.63, 3.8) is 0 Å². The van der Waals surface area contributed by atoms with Gasteiger partial charge < -0.3 is 15.2 Å². The molecule has 0 fully saturated rings. The highest BCUT2D eigenvalue weighted by molar-refractivity contribution is 5.84. The number of amides is 1. The molecule has 5 nitrogen and oxygen atoms in total. The fourth-order valence-electron chi connectivity index (χ4n) is 3.74. The lowest BCUT2D eigenvalue weighted by Gasteiger charge is -2.26. The minimum atomic E-state index is -1.39. The van der Waals surface area contributed by atoms with Crippen LogP contribution in [0.2, 0.25) is 0 Å². The number of carbonyl (C=O) groups is 2.